The number of hydrogen-bond donors (Lipinski definition) is 2. The molecule has 1 heterocycles. The zero-order chi connectivity index (χ0) is 21.3. The number of carbonyl (C=O) groups excluding carboxylic acids is 2. The van der Waals surface area contributed by atoms with E-state index in [-0.39, 0.29) is 13.0 Å². The minimum absolute atomic E-state index is 0.0358. The molecule has 1 aromatic rings. The number of carbonyl (C=O) groups is 2. The van der Waals surface area contributed by atoms with Gasteiger partial charge in [-0.15, -0.1) is 0 Å². The summed E-state index contributed by atoms with van der Waals surface area (Å²) in [5, 5.41) is 8.86. The van der Waals surface area contributed by atoms with Crippen molar-refractivity contribution >= 4 is 27.5 Å². The molecule has 0 spiro atoms. The van der Waals surface area contributed by atoms with Gasteiger partial charge in [-0.05, 0) is 31.5 Å². The van der Waals surface area contributed by atoms with Gasteiger partial charge in [-0.25, -0.2) is 27.5 Å². The first-order valence-electron chi connectivity index (χ1n) is 8.36. The standard InChI is InChI=1S/C17H22F2N2O6S/c1-16(14(22)20-24,28(3,25)26)9-13-10-21(15(23)27-13)12-6-4-11(5-7-12)8-17(2,18)19/h4-7,13,24H,8-10H2,1-3H3,(H,20,22)/t13-,16+/m0/s1. The van der Waals surface area contributed by atoms with Gasteiger partial charge in [0.05, 0.1) is 6.54 Å². The molecule has 0 aromatic heterocycles. The van der Waals surface area contributed by atoms with Crippen LogP contribution in [0.25, 0.3) is 0 Å². The maximum atomic E-state index is 13.1. The zero-order valence-electron chi connectivity index (χ0n) is 15.6. The van der Waals surface area contributed by atoms with Crippen LogP contribution in [0.15, 0.2) is 24.3 Å². The Hall–Kier alpha value is -2.27. The lowest BCUT2D eigenvalue weighted by Crippen LogP contribution is -2.51. The Morgan fingerprint density at radius 1 is 1.32 bits per heavy atom. The van der Waals surface area contributed by atoms with E-state index in [1.165, 1.54) is 34.6 Å². The van der Waals surface area contributed by atoms with E-state index in [0.717, 1.165) is 20.1 Å². The van der Waals surface area contributed by atoms with Gasteiger partial charge in [-0.3, -0.25) is 14.9 Å². The van der Waals surface area contributed by atoms with E-state index in [0.29, 0.717) is 11.3 Å². The predicted molar refractivity (Wildman–Crippen MR) is 96.2 cm³/mol. The van der Waals surface area contributed by atoms with Gasteiger partial charge in [-0.2, -0.15) is 0 Å². The Labute approximate surface area is 161 Å². The number of alkyl halides is 2. The minimum Gasteiger partial charge on any atom is -0.444 e. The summed E-state index contributed by atoms with van der Waals surface area (Å²) in [5.74, 6) is -3.99. The summed E-state index contributed by atoms with van der Waals surface area (Å²) < 4.78 is 53.4. The smallest absolute Gasteiger partial charge is 0.414 e. The Bertz CT molecular complexity index is 853. The first-order chi connectivity index (χ1) is 12.8. The molecule has 156 valence electrons. The van der Waals surface area contributed by atoms with Crippen LogP contribution in [0.1, 0.15) is 25.8 Å². The summed E-state index contributed by atoms with van der Waals surface area (Å²) >= 11 is 0. The third kappa shape index (κ3) is 4.76. The summed E-state index contributed by atoms with van der Waals surface area (Å²) in [6, 6.07) is 5.90. The van der Waals surface area contributed by atoms with Gasteiger partial charge in [0.1, 0.15) is 6.10 Å². The number of ether oxygens (including phenoxy) is 1. The average molecular weight is 420 g/mol. The number of cyclic esters (lactones) is 1. The van der Waals surface area contributed by atoms with Crippen LogP contribution in [-0.2, 0) is 25.8 Å². The summed E-state index contributed by atoms with van der Waals surface area (Å²) in [7, 11) is -3.94. The van der Waals surface area contributed by atoms with Gasteiger partial charge in [0.2, 0.25) is 5.92 Å². The van der Waals surface area contributed by atoms with E-state index >= 15 is 0 Å². The van der Waals surface area contributed by atoms with E-state index in [1.54, 1.807) is 0 Å². The number of nitrogens with zero attached hydrogens (tertiary/aromatic N) is 1. The van der Waals surface area contributed by atoms with E-state index in [1.807, 2.05) is 0 Å². The van der Waals surface area contributed by atoms with Crippen molar-refractivity contribution in [2.24, 2.45) is 0 Å². The van der Waals surface area contributed by atoms with Crippen molar-refractivity contribution in [3.8, 4) is 0 Å². The zero-order valence-corrected chi connectivity index (χ0v) is 16.4. The van der Waals surface area contributed by atoms with Gasteiger partial charge in [-0.1, -0.05) is 12.1 Å². The number of benzene rings is 1. The van der Waals surface area contributed by atoms with Crippen molar-refractivity contribution in [2.45, 2.75) is 43.5 Å². The number of amides is 2. The Balaban J connectivity index is 2.16. The highest BCUT2D eigenvalue weighted by Crippen LogP contribution is 2.30. The quantitative estimate of drug-likeness (QED) is 0.515. The molecule has 11 heteroatoms. The maximum Gasteiger partial charge on any atom is 0.414 e. The van der Waals surface area contributed by atoms with Gasteiger partial charge < -0.3 is 4.74 Å². The largest absolute Gasteiger partial charge is 0.444 e. The van der Waals surface area contributed by atoms with Crippen LogP contribution in [-0.4, -0.2) is 55.2 Å². The fraction of sp³-hybridized carbons (Fsp3) is 0.529. The normalized spacial score (nSPS) is 19.9. The van der Waals surface area contributed by atoms with Crippen LogP contribution in [0.3, 0.4) is 0 Å². The Morgan fingerprint density at radius 3 is 2.36 bits per heavy atom. The van der Waals surface area contributed by atoms with Crippen molar-refractivity contribution in [3.05, 3.63) is 29.8 Å². The second-order valence-corrected chi connectivity index (χ2v) is 9.62. The Morgan fingerprint density at radius 2 is 1.89 bits per heavy atom. The van der Waals surface area contributed by atoms with E-state index in [2.05, 4.69) is 0 Å². The second kappa shape index (κ2) is 7.63. The number of halogens is 2. The molecule has 2 amide bonds. The van der Waals surface area contributed by atoms with E-state index in [9.17, 15) is 26.8 Å². The molecule has 0 aliphatic carbocycles. The fourth-order valence-electron chi connectivity index (χ4n) is 2.96. The van der Waals surface area contributed by atoms with Crippen molar-refractivity contribution in [3.63, 3.8) is 0 Å². The van der Waals surface area contributed by atoms with Crippen molar-refractivity contribution in [1.82, 2.24) is 5.48 Å². The molecule has 8 nitrogen and oxygen atoms in total. The highest BCUT2D eigenvalue weighted by molar-refractivity contribution is 7.92. The first kappa shape index (κ1) is 22.0. The van der Waals surface area contributed by atoms with Crippen LogP contribution >= 0.6 is 0 Å². The lowest BCUT2D eigenvalue weighted by atomic mass is 10.0. The third-order valence-corrected chi connectivity index (χ3v) is 6.64. The van der Waals surface area contributed by atoms with Gasteiger partial charge in [0.25, 0.3) is 5.91 Å². The number of anilines is 1. The van der Waals surface area contributed by atoms with Crippen molar-refractivity contribution in [2.75, 3.05) is 17.7 Å². The van der Waals surface area contributed by atoms with Crippen LogP contribution in [0, 0.1) is 0 Å². The van der Waals surface area contributed by atoms with Gasteiger partial charge >= 0.3 is 6.09 Å². The maximum absolute atomic E-state index is 13.1. The van der Waals surface area contributed by atoms with Crippen molar-refractivity contribution < 1.29 is 36.7 Å². The minimum atomic E-state index is -3.94. The average Bonchev–Trinajstić information content (AvgIpc) is 2.92. The molecule has 0 bridgehead atoms. The molecule has 1 aromatic carbocycles. The molecule has 28 heavy (non-hydrogen) atoms. The monoisotopic (exact) mass is 420 g/mol. The number of hydroxylamine groups is 1. The lowest BCUT2D eigenvalue weighted by molar-refractivity contribution is -0.132. The third-order valence-electron chi connectivity index (χ3n) is 4.65. The summed E-state index contributed by atoms with van der Waals surface area (Å²) in [6.07, 6.45) is -1.63. The summed E-state index contributed by atoms with van der Waals surface area (Å²) in [5.41, 5.74) is 2.12. The topological polar surface area (TPSA) is 113 Å². The highest BCUT2D eigenvalue weighted by atomic mass is 32.2. The molecular formula is C17H22F2N2O6S. The van der Waals surface area contributed by atoms with E-state index in [4.69, 9.17) is 9.94 Å². The summed E-state index contributed by atoms with van der Waals surface area (Å²) in [4.78, 5) is 25.3. The number of sulfone groups is 1. The van der Waals surface area contributed by atoms with Gasteiger partial charge in [0.15, 0.2) is 14.6 Å². The number of nitrogens with one attached hydrogen (secondary N) is 1. The highest BCUT2D eigenvalue weighted by Gasteiger charge is 2.48. The molecule has 1 saturated heterocycles. The second-order valence-electron chi connectivity index (χ2n) is 7.18. The molecule has 0 unspecified atom stereocenters. The van der Waals surface area contributed by atoms with E-state index < -0.39 is 45.0 Å². The Kier molecular flexibility index (Phi) is 6.00. The predicted octanol–water partition coefficient (Wildman–Crippen LogP) is 1.91. The van der Waals surface area contributed by atoms with Crippen LogP contribution in [0.4, 0.5) is 19.3 Å². The fourth-order valence-corrected chi connectivity index (χ4v) is 3.83. The van der Waals surface area contributed by atoms with Crippen LogP contribution in [0.5, 0.6) is 0 Å². The number of hydrogen-bond acceptors (Lipinski definition) is 6. The lowest BCUT2D eigenvalue weighted by Gasteiger charge is -2.26. The van der Waals surface area contributed by atoms with Crippen LogP contribution in [0.2, 0.25) is 0 Å². The molecular weight excluding hydrogens is 398 g/mol. The molecule has 1 aliphatic heterocycles. The molecule has 1 aliphatic rings. The van der Waals surface area contributed by atoms with Crippen molar-refractivity contribution in [1.29, 1.82) is 0 Å². The molecule has 0 radical (unpaired) electrons. The number of rotatable bonds is 7. The molecule has 0 saturated carbocycles. The molecule has 1 fully saturated rings. The molecule has 2 rings (SSSR count). The summed E-state index contributed by atoms with van der Waals surface area (Å²) in [6.45, 7) is 1.90. The molecule has 2 atom stereocenters. The van der Waals surface area contributed by atoms with Crippen LogP contribution < -0.4 is 10.4 Å². The SMILES string of the molecule is CC(F)(F)Cc1ccc(N2C[C@H](C[C@](C)(C(=O)NO)S(C)(=O)=O)OC2=O)cc1. The van der Waals surface area contributed by atoms with Gasteiger partial charge in [0, 0.05) is 24.8 Å². The molecule has 2 N–H and O–H groups in total. The first-order valence-corrected chi connectivity index (χ1v) is 10.2.